The van der Waals surface area contributed by atoms with Crippen LogP contribution in [-0.4, -0.2) is 19.5 Å². The van der Waals surface area contributed by atoms with Gasteiger partial charge in [-0.3, -0.25) is 4.57 Å². The van der Waals surface area contributed by atoms with Crippen LogP contribution in [0.4, 0.5) is 0 Å². The van der Waals surface area contributed by atoms with Crippen molar-refractivity contribution in [1.29, 1.82) is 0 Å². The van der Waals surface area contributed by atoms with Crippen LogP contribution in [0, 0.1) is 0 Å². The zero-order valence-electron chi connectivity index (χ0n) is 27.9. The summed E-state index contributed by atoms with van der Waals surface area (Å²) in [6.07, 6.45) is 0. The first-order valence-corrected chi connectivity index (χ1v) is 18.3. The third kappa shape index (κ3) is 4.36. The van der Waals surface area contributed by atoms with E-state index in [0.29, 0.717) is 5.82 Å². The smallest absolute Gasteiger partial charge is 0.163 e. The maximum Gasteiger partial charge on any atom is 0.163 e. The minimum atomic E-state index is 0.705. The Morgan fingerprint density at radius 3 is 1.77 bits per heavy atom. The number of hydrogen-bond acceptors (Lipinski definition) is 4. The van der Waals surface area contributed by atoms with Gasteiger partial charge in [0.25, 0.3) is 0 Å². The quantitative estimate of drug-likeness (QED) is 0.174. The molecular weight excluding hydrogens is 653 g/mol. The van der Waals surface area contributed by atoms with E-state index in [0.717, 1.165) is 61.2 Å². The molecule has 11 aromatic rings. The molecule has 242 valence electrons. The molecule has 0 spiro atoms. The van der Waals surface area contributed by atoms with Crippen molar-refractivity contribution in [2.75, 3.05) is 0 Å². The highest BCUT2D eigenvalue weighted by Gasteiger charge is 2.20. The van der Waals surface area contributed by atoms with Crippen molar-refractivity contribution in [3.05, 3.63) is 170 Å². The number of rotatable bonds is 4. The van der Waals surface area contributed by atoms with E-state index in [1.54, 1.807) is 0 Å². The molecule has 0 N–H and O–H groups in total. The summed E-state index contributed by atoms with van der Waals surface area (Å²) in [5.41, 5.74) is 8.31. The molecule has 52 heavy (non-hydrogen) atoms. The maximum atomic E-state index is 5.41. The highest BCUT2D eigenvalue weighted by Crippen LogP contribution is 2.46. The number of thiophene rings is 1. The van der Waals surface area contributed by atoms with Gasteiger partial charge in [0.2, 0.25) is 0 Å². The number of para-hydroxylation sites is 3. The lowest BCUT2D eigenvalue weighted by Gasteiger charge is -2.12. The Balaban J connectivity index is 1.22. The molecule has 5 heteroatoms. The van der Waals surface area contributed by atoms with E-state index < -0.39 is 0 Å². The summed E-state index contributed by atoms with van der Waals surface area (Å²) in [6.45, 7) is 0. The minimum Gasteiger partial charge on any atom is -0.294 e. The van der Waals surface area contributed by atoms with Gasteiger partial charge < -0.3 is 0 Å². The molecule has 11 rings (SSSR count). The SMILES string of the molecule is c1ccc(-c2cc(-n3c4ccccc4c4ccccc43)nc(-c3cccc4c3sc3c4ccc4c(-c5ccccc5)nc5ccccc5c43)n2)cc1. The largest absolute Gasteiger partial charge is 0.294 e. The second kappa shape index (κ2) is 11.4. The van der Waals surface area contributed by atoms with Crippen LogP contribution in [0.5, 0.6) is 0 Å². The molecule has 0 aliphatic carbocycles. The molecule has 4 nitrogen and oxygen atoms in total. The van der Waals surface area contributed by atoms with Crippen LogP contribution < -0.4 is 0 Å². The monoisotopic (exact) mass is 680 g/mol. The Labute approximate surface area is 302 Å². The van der Waals surface area contributed by atoms with Crippen molar-refractivity contribution in [1.82, 2.24) is 19.5 Å². The molecule has 4 aromatic heterocycles. The number of benzene rings is 7. The highest BCUT2D eigenvalue weighted by atomic mass is 32.1. The topological polar surface area (TPSA) is 43.6 Å². The average Bonchev–Trinajstić information content (AvgIpc) is 3.77. The van der Waals surface area contributed by atoms with Crippen molar-refractivity contribution in [3.63, 3.8) is 0 Å². The predicted octanol–water partition coefficient (Wildman–Crippen LogP) is 12.6. The second-order valence-electron chi connectivity index (χ2n) is 13.2. The Morgan fingerprint density at radius 2 is 1.02 bits per heavy atom. The summed E-state index contributed by atoms with van der Waals surface area (Å²) in [4.78, 5) is 15.9. The molecule has 0 radical (unpaired) electrons. The zero-order chi connectivity index (χ0) is 34.2. The van der Waals surface area contributed by atoms with Crippen LogP contribution in [0.3, 0.4) is 0 Å². The van der Waals surface area contributed by atoms with Crippen molar-refractivity contribution in [3.8, 4) is 39.7 Å². The first-order valence-electron chi connectivity index (χ1n) is 17.5. The Hall–Kier alpha value is -6.69. The van der Waals surface area contributed by atoms with E-state index in [9.17, 15) is 0 Å². The van der Waals surface area contributed by atoms with Gasteiger partial charge in [0, 0.05) is 69.9 Å². The summed E-state index contributed by atoms with van der Waals surface area (Å²) in [7, 11) is 0. The van der Waals surface area contributed by atoms with E-state index in [1.807, 2.05) is 17.4 Å². The fourth-order valence-corrected chi connectivity index (χ4v) is 9.25. The average molecular weight is 681 g/mol. The van der Waals surface area contributed by atoms with Gasteiger partial charge in [-0.25, -0.2) is 15.0 Å². The third-order valence-electron chi connectivity index (χ3n) is 10.2. The number of hydrogen-bond donors (Lipinski definition) is 0. The normalized spacial score (nSPS) is 11.8. The van der Waals surface area contributed by atoms with Crippen LogP contribution in [0.1, 0.15) is 0 Å². The lowest BCUT2D eigenvalue weighted by molar-refractivity contribution is 1.05. The van der Waals surface area contributed by atoms with Gasteiger partial charge in [-0.05, 0) is 24.3 Å². The summed E-state index contributed by atoms with van der Waals surface area (Å²) in [6, 6.07) is 59.8. The van der Waals surface area contributed by atoms with Gasteiger partial charge in [-0.1, -0.05) is 140 Å². The molecule has 0 bridgehead atoms. The first-order chi connectivity index (χ1) is 25.8. The molecule has 0 saturated carbocycles. The molecule has 0 amide bonds. The summed E-state index contributed by atoms with van der Waals surface area (Å²) >= 11 is 1.83. The molecule has 0 aliphatic rings. The second-order valence-corrected chi connectivity index (χ2v) is 14.2. The summed E-state index contributed by atoms with van der Waals surface area (Å²) < 4.78 is 4.70. The number of fused-ring (bicyclic) bond motifs is 10. The van der Waals surface area contributed by atoms with Crippen molar-refractivity contribution >= 4 is 75.0 Å². The third-order valence-corrected chi connectivity index (χ3v) is 11.5. The van der Waals surface area contributed by atoms with Crippen molar-refractivity contribution in [2.45, 2.75) is 0 Å². The van der Waals surface area contributed by atoms with Gasteiger partial charge in [-0.15, -0.1) is 11.3 Å². The molecule has 0 unspecified atom stereocenters. The predicted molar refractivity (Wildman–Crippen MR) is 218 cm³/mol. The minimum absolute atomic E-state index is 0.705. The van der Waals surface area contributed by atoms with E-state index in [2.05, 4.69) is 168 Å². The molecule has 0 fully saturated rings. The number of nitrogens with zero attached hydrogens (tertiary/aromatic N) is 4. The number of aromatic nitrogens is 4. The van der Waals surface area contributed by atoms with Crippen LogP contribution >= 0.6 is 11.3 Å². The molecule has 4 heterocycles. The Bertz CT molecular complexity index is 3130. The maximum absolute atomic E-state index is 5.41. The van der Waals surface area contributed by atoms with Crippen LogP contribution in [0.25, 0.3) is 103 Å². The van der Waals surface area contributed by atoms with Crippen LogP contribution in [0.2, 0.25) is 0 Å². The van der Waals surface area contributed by atoms with Gasteiger partial charge in [0.15, 0.2) is 5.82 Å². The molecule has 7 aromatic carbocycles. The highest BCUT2D eigenvalue weighted by molar-refractivity contribution is 7.27. The molecule has 0 saturated heterocycles. The summed E-state index contributed by atoms with van der Waals surface area (Å²) in [5.74, 6) is 1.55. The van der Waals surface area contributed by atoms with Crippen LogP contribution in [-0.2, 0) is 0 Å². The molecule has 0 atom stereocenters. The zero-order valence-corrected chi connectivity index (χ0v) is 28.7. The first kappa shape index (κ1) is 29.1. The standard InChI is InChI=1S/C47H28N4S/c1-3-14-29(15-4-1)39-28-42(51-40-24-11-8-18-31(40)32-19-9-12-25-41(32)51)50-47(49-39)37-22-13-21-33-34-26-27-36-43(46(34)52-45(33)37)35-20-7-10-23-38(35)48-44(36)30-16-5-2-6-17-30/h1-28H. The summed E-state index contributed by atoms with van der Waals surface area (Å²) in [5, 5.41) is 8.39. The molecular formula is C47H28N4S. The lowest BCUT2D eigenvalue weighted by Crippen LogP contribution is -2.02. The van der Waals surface area contributed by atoms with Crippen molar-refractivity contribution in [2.24, 2.45) is 0 Å². The fourth-order valence-electron chi connectivity index (χ4n) is 7.88. The van der Waals surface area contributed by atoms with Gasteiger partial charge in [0.1, 0.15) is 5.82 Å². The lowest BCUT2D eigenvalue weighted by atomic mass is 9.98. The number of pyridine rings is 1. The fraction of sp³-hybridized carbons (Fsp3) is 0. The van der Waals surface area contributed by atoms with Crippen molar-refractivity contribution < 1.29 is 0 Å². The molecule has 0 aliphatic heterocycles. The Morgan fingerprint density at radius 1 is 0.423 bits per heavy atom. The van der Waals surface area contributed by atoms with E-state index in [4.69, 9.17) is 15.0 Å². The Kier molecular flexibility index (Phi) is 6.39. The van der Waals surface area contributed by atoms with E-state index in [-0.39, 0.29) is 0 Å². The van der Waals surface area contributed by atoms with Gasteiger partial charge in [0.05, 0.1) is 27.9 Å². The van der Waals surface area contributed by atoms with Gasteiger partial charge >= 0.3 is 0 Å². The van der Waals surface area contributed by atoms with Crippen LogP contribution in [0.15, 0.2) is 170 Å². The van der Waals surface area contributed by atoms with E-state index >= 15 is 0 Å². The van der Waals surface area contributed by atoms with E-state index in [1.165, 1.54) is 36.3 Å². The van der Waals surface area contributed by atoms with Gasteiger partial charge in [-0.2, -0.15) is 0 Å².